The van der Waals surface area contributed by atoms with Gasteiger partial charge in [-0.15, -0.1) is 0 Å². The predicted octanol–water partition coefficient (Wildman–Crippen LogP) is 6.86. The van der Waals surface area contributed by atoms with Crippen molar-refractivity contribution in [1.29, 1.82) is 0 Å². The van der Waals surface area contributed by atoms with E-state index in [0.29, 0.717) is 19.1 Å². The predicted molar refractivity (Wildman–Crippen MR) is 163 cm³/mol. The highest BCUT2D eigenvalue weighted by Gasteiger charge is 2.32. The van der Waals surface area contributed by atoms with Crippen LogP contribution in [0.4, 0.5) is 11.4 Å². The summed E-state index contributed by atoms with van der Waals surface area (Å²) in [6.07, 6.45) is 3.78. The smallest absolute Gasteiger partial charge is 0.234 e. The molecule has 1 aliphatic carbocycles. The Bertz CT molecular complexity index is 1220. The summed E-state index contributed by atoms with van der Waals surface area (Å²) in [5.41, 5.74) is 6.83. The largest absolute Gasteiger partial charge is 0.493 e. The zero-order valence-electron chi connectivity index (χ0n) is 24.6. The molecule has 0 aromatic heterocycles. The molecule has 0 aliphatic heterocycles. The summed E-state index contributed by atoms with van der Waals surface area (Å²) < 4.78 is 6.23. The van der Waals surface area contributed by atoms with Gasteiger partial charge >= 0.3 is 0 Å². The van der Waals surface area contributed by atoms with Crippen molar-refractivity contribution in [2.45, 2.75) is 57.9 Å². The second-order valence-electron chi connectivity index (χ2n) is 11.5. The maximum absolute atomic E-state index is 14.4. The summed E-state index contributed by atoms with van der Waals surface area (Å²) in [6, 6.07) is 23.3. The molecule has 0 saturated carbocycles. The third kappa shape index (κ3) is 7.21. The molecule has 4 rings (SSSR count). The molecule has 0 heterocycles. The number of carbonyl (C=O) groups is 1. The van der Waals surface area contributed by atoms with Gasteiger partial charge in [0.05, 0.1) is 19.1 Å². The van der Waals surface area contributed by atoms with E-state index in [1.54, 1.807) is 0 Å². The van der Waals surface area contributed by atoms with Crippen LogP contribution in [0.15, 0.2) is 66.7 Å². The molecule has 0 spiro atoms. The lowest BCUT2D eigenvalue weighted by molar-refractivity contribution is -0.120. The normalized spacial score (nSPS) is 14.8. The van der Waals surface area contributed by atoms with Crippen molar-refractivity contribution < 1.29 is 9.53 Å². The van der Waals surface area contributed by atoms with E-state index >= 15 is 0 Å². The molecule has 1 aliphatic rings. The molecule has 3 aromatic carbocycles. The molecule has 1 atom stereocenters. The van der Waals surface area contributed by atoms with Crippen LogP contribution < -0.4 is 14.5 Å². The molecular formula is C34H45N3O2. The number of benzene rings is 3. The van der Waals surface area contributed by atoms with Crippen LogP contribution in [0.5, 0.6) is 5.75 Å². The van der Waals surface area contributed by atoms with E-state index in [9.17, 15) is 4.79 Å². The Labute approximate surface area is 235 Å². The Morgan fingerprint density at radius 1 is 0.923 bits per heavy atom. The van der Waals surface area contributed by atoms with Crippen LogP contribution >= 0.6 is 0 Å². The first-order valence-electron chi connectivity index (χ1n) is 14.3. The molecule has 0 bridgehead atoms. The van der Waals surface area contributed by atoms with Crippen molar-refractivity contribution in [3.8, 4) is 5.75 Å². The van der Waals surface area contributed by atoms with Crippen molar-refractivity contribution in [2.75, 3.05) is 51.1 Å². The van der Waals surface area contributed by atoms with Gasteiger partial charge in [-0.3, -0.25) is 4.79 Å². The quantitative estimate of drug-likeness (QED) is 0.255. The fraction of sp³-hybridized carbons (Fsp3) is 0.441. The van der Waals surface area contributed by atoms with Gasteiger partial charge in [0.2, 0.25) is 5.91 Å². The van der Waals surface area contributed by atoms with Gasteiger partial charge in [-0.2, -0.15) is 0 Å². The first kappa shape index (κ1) is 28.7. The number of hydrogen-bond donors (Lipinski definition) is 0. The topological polar surface area (TPSA) is 36.0 Å². The molecule has 39 heavy (non-hydrogen) atoms. The Balaban J connectivity index is 1.62. The number of ether oxygens (including phenoxy) is 1. The molecular weight excluding hydrogens is 482 g/mol. The van der Waals surface area contributed by atoms with Gasteiger partial charge in [0, 0.05) is 32.0 Å². The third-order valence-electron chi connectivity index (χ3n) is 7.70. The van der Waals surface area contributed by atoms with E-state index in [1.165, 1.54) is 11.1 Å². The van der Waals surface area contributed by atoms with Crippen molar-refractivity contribution in [1.82, 2.24) is 4.90 Å². The Hall–Kier alpha value is -3.31. The highest BCUT2D eigenvalue weighted by molar-refractivity contribution is 5.98. The molecule has 0 N–H and O–H groups in total. The van der Waals surface area contributed by atoms with Crippen molar-refractivity contribution in [2.24, 2.45) is 0 Å². The number of fused-ring (bicyclic) bond motifs is 1. The van der Waals surface area contributed by atoms with Gasteiger partial charge in [0.15, 0.2) is 0 Å². The monoisotopic (exact) mass is 527 g/mol. The average molecular weight is 528 g/mol. The van der Waals surface area contributed by atoms with E-state index in [0.717, 1.165) is 60.5 Å². The lowest BCUT2D eigenvalue weighted by atomic mass is 9.81. The molecule has 5 nitrogen and oxygen atoms in total. The van der Waals surface area contributed by atoms with Crippen LogP contribution in [0.2, 0.25) is 0 Å². The fourth-order valence-electron chi connectivity index (χ4n) is 5.38. The van der Waals surface area contributed by atoms with Gasteiger partial charge in [-0.25, -0.2) is 0 Å². The van der Waals surface area contributed by atoms with Crippen LogP contribution in [0, 0.1) is 0 Å². The first-order chi connectivity index (χ1) is 18.7. The Kier molecular flexibility index (Phi) is 9.68. The maximum Gasteiger partial charge on any atom is 0.234 e. The highest BCUT2D eigenvalue weighted by atomic mass is 16.5. The minimum atomic E-state index is -0.176. The number of rotatable bonds is 11. The van der Waals surface area contributed by atoms with Crippen LogP contribution in [-0.2, 0) is 17.8 Å². The molecule has 1 amide bonds. The maximum atomic E-state index is 14.4. The summed E-state index contributed by atoms with van der Waals surface area (Å²) in [6.45, 7) is 6.62. The lowest BCUT2D eigenvalue weighted by Crippen LogP contribution is -2.36. The summed E-state index contributed by atoms with van der Waals surface area (Å²) in [5.74, 6) is 1.37. The molecule has 1 unspecified atom stereocenters. The molecule has 3 aromatic rings. The summed E-state index contributed by atoms with van der Waals surface area (Å²) in [5, 5.41) is 0. The zero-order chi connectivity index (χ0) is 27.9. The highest BCUT2D eigenvalue weighted by Crippen LogP contribution is 2.39. The second kappa shape index (κ2) is 13.2. The molecule has 0 fully saturated rings. The standard InChI is InChI=1S/C34H45N3O2/c1-25(2)27-16-20-29(21-17-27)37(24-26-14-18-28(19-15-26)36(5)6)34(38)32-12-7-11-31-30(32)10-8-13-33(31)39-23-9-22-35(3)4/h8,10,13-21,25,32H,7,9,11-12,22-24H2,1-6H3. The number of nitrogens with zero attached hydrogens (tertiary/aromatic N) is 3. The summed E-state index contributed by atoms with van der Waals surface area (Å²) >= 11 is 0. The molecule has 0 saturated heterocycles. The SMILES string of the molecule is CC(C)c1ccc(N(Cc2ccc(N(C)C)cc2)C(=O)C2CCCc3c(OCCCN(C)C)cccc32)cc1. The Morgan fingerprint density at radius 3 is 2.26 bits per heavy atom. The van der Waals surface area contributed by atoms with E-state index in [1.807, 2.05) is 25.1 Å². The van der Waals surface area contributed by atoms with Gasteiger partial charge in [-0.1, -0.05) is 50.2 Å². The van der Waals surface area contributed by atoms with Crippen molar-refractivity contribution in [3.05, 3.63) is 89.0 Å². The molecule has 0 radical (unpaired) electrons. The Morgan fingerprint density at radius 2 is 1.62 bits per heavy atom. The van der Waals surface area contributed by atoms with Crippen LogP contribution in [0.1, 0.15) is 67.2 Å². The van der Waals surface area contributed by atoms with E-state index in [4.69, 9.17) is 4.74 Å². The van der Waals surface area contributed by atoms with E-state index < -0.39 is 0 Å². The number of anilines is 2. The van der Waals surface area contributed by atoms with Crippen LogP contribution in [-0.4, -0.2) is 52.1 Å². The number of hydrogen-bond acceptors (Lipinski definition) is 4. The van der Waals surface area contributed by atoms with Crippen LogP contribution in [0.25, 0.3) is 0 Å². The molecule has 208 valence electrons. The van der Waals surface area contributed by atoms with E-state index in [-0.39, 0.29) is 11.8 Å². The van der Waals surface area contributed by atoms with Gasteiger partial charge in [0.25, 0.3) is 0 Å². The summed E-state index contributed by atoms with van der Waals surface area (Å²) in [7, 11) is 8.25. The zero-order valence-corrected chi connectivity index (χ0v) is 24.6. The van der Waals surface area contributed by atoms with Crippen molar-refractivity contribution in [3.63, 3.8) is 0 Å². The van der Waals surface area contributed by atoms with Gasteiger partial charge in [-0.05, 0) is 98.3 Å². The number of carbonyl (C=O) groups excluding carboxylic acids is 1. The summed E-state index contributed by atoms with van der Waals surface area (Å²) in [4.78, 5) is 20.6. The minimum absolute atomic E-state index is 0.162. The lowest BCUT2D eigenvalue weighted by Gasteiger charge is -2.32. The van der Waals surface area contributed by atoms with Gasteiger partial charge in [0.1, 0.15) is 5.75 Å². The van der Waals surface area contributed by atoms with E-state index in [2.05, 4.69) is 98.4 Å². The van der Waals surface area contributed by atoms with Crippen LogP contribution in [0.3, 0.4) is 0 Å². The van der Waals surface area contributed by atoms with Gasteiger partial charge < -0.3 is 19.4 Å². The second-order valence-corrected chi connectivity index (χ2v) is 11.5. The average Bonchev–Trinajstić information content (AvgIpc) is 2.93. The minimum Gasteiger partial charge on any atom is -0.493 e. The number of amides is 1. The fourth-order valence-corrected chi connectivity index (χ4v) is 5.38. The third-order valence-corrected chi connectivity index (χ3v) is 7.70. The molecule has 5 heteroatoms. The first-order valence-corrected chi connectivity index (χ1v) is 14.3. The van der Waals surface area contributed by atoms with Crippen molar-refractivity contribution >= 4 is 17.3 Å².